The maximum atomic E-state index is 5.33. The number of hydrogen-bond donors (Lipinski definition) is 0. The van der Waals surface area contributed by atoms with Crippen LogP contribution in [0.15, 0.2) is 12.7 Å². The zero-order valence-electron chi connectivity index (χ0n) is 10.9. The first-order valence-corrected chi connectivity index (χ1v) is 6.33. The molecule has 0 saturated heterocycles. The smallest absolute Gasteiger partial charge is 0.0478 e. The Balaban J connectivity index is 3.49. The summed E-state index contributed by atoms with van der Waals surface area (Å²) in [5.74, 6) is 0. The minimum Gasteiger partial charge on any atom is -0.382 e. The van der Waals surface area contributed by atoms with Crippen molar-refractivity contribution < 1.29 is 9.47 Å². The van der Waals surface area contributed by atoms with E-state index in [-0.39, 0.29) is 0 Å². The monoisotopic (exact) mass is 229 g/mol. The molecule has 0 amide bonds. The molecule has 0 fully saturated rings. The molecule has 0 rings (SSSR count). The Bertz CT molecular complexity index is 139. The van der Waals surface area contributed by atoms with Gasteiger partial charge in [0.15, 0.2) is 0 Å². The lowest BCUT2D eigenvalue weighted by molar-refractivity contribution is 0.121. The van der Waals surface area contributed by atoms with Gasteiger partial charge < -0.3 is 9.47 Å². The molecule has 0 aromatic rings. The van der Waals surface area contributed by atoms with Crippen molar-refractivity contribution in [2.45, 2.75) is 26.7 Å². The fourth-order valence-corrected chi connectivity index (χ4v) is 1.55. The largest absolute Gasteiger partial charge is 0.382 e. The molecule has 0 aromatic carbocycles. The molecule has 3 nitrogen and oxygen atoms in total. The first-order valence-electron chi connectivity index (χ1n) is 6.33. The molecule has 3 heteroatoms. The molecule has 0 heterocycles. The average Bonchev–Trinajstić information content (AvgIpc) is 2.30. The standard InChI is InChI=1S/C13H27NO2/c1-4-9-14(10-7-12-15-5-2)11-8-13-16-6-3/h4H,1,5-13H2,2-3H3. The number of nitrogens with zero attached hydrogens (tertiary/aromatic N) is 1. The SMILES string of the molecule is C=CCN(CCCOCC)CCCOCC. The fourth-order valence-electron chi connectivity index (χ4n) is 1.55. The normalized spacial score (nSPS) is 10.9. The summed E-state index contributed by atoms with van der Waals surface area (Å²) in [5.41, 5.74) is 0. The summed E-state index contributed by atoms with van der Waals surface area (Å²) in [6.45, 7) is 14.3. The van der Waals surface area contributed by atoms with Gasteiger partial charge in [-0.05, 0) is 26.7 Å². The summed E-state index contributed by atoms with van der Waals surface area (Å²) in [5, 5.41) is 0. The lowest BCUT2D eigenvalue weighted by Crippen LogP contribution is -2.27. The van der Waals surface area contributed by atoms with E-state index in [2.05, 4.69) is 11.5 Å². The van der Waals surface area contributed by atoms with Gasteiger partial charge in [0.25, 0.3) is 0 Å². The molecule has 0 aromatic heterocycles. The van der Waals surface area contributed by atoms with E-state index in [1.165, 1.54) is 0 Å². The van der Waals surface area contributed by atoms with Crippen molar-refractivity contribution in [2.75, 3.05) is 46.1 Å². The zero-order chi connectivity index (χ0) is 12.1. The molecule has 0 aliphatic rings. The van der Waals surface area contributed by atoms with Crippen LogP contribution in [0.2, 0.25) is 0 Å². The molecule has 0 unspecified atom stereocenters. The van der Waals surface area contributed by atoms with Crippen molar-refractivity contribution in [3.63, 3.8) is 0 Å². The lowest BCUT2D eigenvalue weighted by Gasteiger charge is -2.20. The van der Waals surface area contributed by atoms with Gasteiger partial charge in [0, 0.05) is 46.1 Å². The highest BCUT2D eigenvalue weighted by atomic mass is 16.5. The van der Waals surface area contributed by atoms with Crippen LogP contribution >= 0.6 is 0 Å². The van der Waals surface area contributed by atoms with Crippen molar-refractivity contribution in [3.05, 3.63) is 12.7 Å². The molecule has 0 aliphatic carbocycles. The Morgan fingerprint density at radius 2 is 1.50 bits per heavy atom. The van der Waals surface area contributed by atoms with Gasteiger partial charge in [0.1, 0.15) is 0 Å². The molecule has 16 heavy (non-hydrogen) atoms. The van der Waals surface area contributed by atoms with E-state index < -0.39 is 0 Å². The van der Waals surface area contributed by atoms with Crippen molar-refractivity contribution in [2.24, 2.45) is 0 Å². The number of rotatable bonds is 12. The Kier molecular flexibility index (Phi) is 12.4. The summed E-state index contributed by atoms with van der Waals surface area (Å²) < 4.78 is 10.7. The summed E-state index contributed by atoms with van der Waals surface area (Å²) in [4.78, 5) is 2.39. The number of hydrogen-bond acceptors (Lipinski definition) is 3. The fraction of sp³-hybridized carbons (Fsp3) is 0.846. The summed E-state index contributed by atoms with van der Waals surface area (Å²) in [6, 6.07) is 0. The van der Waals surface area contributed by atoms with Gasteiger partial charge in [-0.15, -0.1) is 6.58 Å². The first kappa shape index (κ1) is 15.6. The molecule has 96 valence electrons. The van der Waals surface area contributed by atoms with Crippen LogP contribution in [-0.2, 0) is 9.47 Å². The Morgan fingerprint density at radius 1 is 1.00 bits per heavy atom. The minimum absolute atomic E-state index is 0.811. The third kappa shape index (κ3) is 10.1. The predicted octanol–water partition coefficient (Wildman–Crippen LogP) is 2.33. The number of ether oxygens (including phenoxy) is 2. The van der Waals surface area contributed by atoms with Crippen LogP contribution in [0.4, 0.5) is 0 Å². The van der Waals surface area contributed by atoms with Crippen LogP contribution in [0.3, 0.4) is 0 Å². The van der Waals surface area contributed by atoms with Gasteiger partial charge in [0.05, 0.1) is 0 Å². The van der Waals surface area contributed by atoms with Crippen molar-refractivity contribution >= 4 is 0 Å². The topological polar surface area (TPSA) is 21.7 Å². The van der Waals surface area contributed by atoms with E-state index in [9.17, 15) is 0 Å². The predicted molar refractivity (Wildman–Crippen MR) is 68.9 cm³/mol. The van der Waals surface area contributed by atoms with Gasteiger partial charge >= 0.3 is 0 Å². The second-order valence-electron chi connectivity index (χ2n) is 3.69. The van der Waals surface area contributed by atoms with Gasteiger partial charge in [-0.25, -0.2) is 0 Å². The van der Waals surface area contributed by atoms with Gasteiger partial charge in [-0.2, -0.15) is 0 Å². The van der Waals surface area contributed by atoms with Gasteiger partial charge in [0.2, 0.25) is 0 Å². The molecule has 0 N–H and O–H groups in total. The molecule has 0 aliphatic heterocycles. The van der Waals surface area contributed by atoms with E-state index in [0.717, 1.165) is 58.9 Å². The van der Waals surface area contributed by atoms with E-state index in [4.69, 9.17) is 9.47 Å². The third-order valence-corrected chi connectivity index (χ3v) is 2.32. The summed E-state index contributed by atoms with van der Waals surface area (Å²) in [7, 11) is 0. The Morgan fingerprint density at radius 3 is 1.88 bits per heavy atom. The Hall–Kier alpha value is -0.380. The van der Waals surface area contributed by atoms with Crippen LogP contribution in [0.1, 0.15) is 26.7 Å². The molecule has 0 atom stereocenters. The van der Waals surface area contributed by atoms with E-state index in [0.29, 0.717) is 0 Å². The molecule has 0 radical (unpaired) electrons. The summed E-state index contributed by atoms with van der Waals surface area (Å²) >= 11 is 0. The second kappa shape index (κ2) is 12.7. The molecule has 0 spiro atoms. The van der Waals surface area contributed by atoms with Gasteiger partial charge in [-0.1, -0.05) is 6.08 Å². The highest BCUT2D eigenvalue weighted by Gasteiger charge is 2.02. The van der Waals surface area contributed by atoms with E-state index in [1.807, 2.05) is 19.9 Å². The quantitative estimate of drug-likeness (QED) is 0.379. The summed E-state index contributed by atoms with van der Waals surface area (Å²) in [6.07, 6.45) is 4.15. The van der Waals surface area contributed by atoms with Crippen LogP contribution in [-0.4, -0.2) is 51.0 Å². The third-order valence-electron chi connectivity index (χ3n) is 2.32. The molecule has 0 saturated carbocycles. The van der Waals surface area contributed by atoms with Crippen LogP contribution in [0.5, 0.6) is 0 Å². The Labute approximate surface area is 100 Å². The van der Waals surface area contributed by atoms with E-state index >= 15 is 0 Å². The maximum Gasteiger partial charge on any atom is 0.0478 e. The molecular weight excluding hydrogens is 202 g/mol. The van der Waals surface area contributed by atoms with Crippen molar-refractivity contribution in [3.8, 4) is 0 Å². The highest BCUT2D eigenvalue weighted by Crippen LogP contribution is 1.96. The van der Waals surface area contributed by atoms with Gasteiger partial charge in [-0.3, -0.25) is 4.90 Å². The van der Waals surface area contributed by atoms with E-state index in [1.54, 1.807) is 0 Å². The van der Waals surface area contributed by atoms with Crippen LogP contribution in [0.25, 0.3) is 0 Å². The van der Waals surface area contributed by atoms with Crippen LogP contribution in [0, 0.1) is 0 Å². The highest BCUT2D eigenvalue weighted by molar-refractivity contribution is 4.73. The first-order chi connectivity index (χ1) is 7.85. The lowest BCUT2D eigenvalue weighted by atomic mass is 10.3. The maximum absolute atomic E-state index is 5.33. The molecule has 0 bridgehead atoms. The molecular formula is C13H27NO2. The zero-order valence-corrected chi connectivity index (χ0v) is 10.9. The average molecular weight is 229 g/mol. The minimum atomic E-state index is 0.811. The van der Waals surface area contributed by atoms with Crippen molar-refractivity contribution in [1.82, 2.24) is 4.90 Å². The van der Waals surface area contributed by atoms with Crippen LogP contribution < -0.4 is 0 Å². The second-order valence-corrected chi connectivity index (χ2v) is 3.69. The van der Waals surface area contributed by atoms with Crippen molar-refractivity contribution in [1.29, 1.82) is 0 Å².